The molecule has 0 saturated carbocycles. The first-order valence-electron chi connectivity index (χ1n) is 24.1. The number of benzene rings is 4. The predicted octanol–water partition coefficient (Wildman–Crippen LogP) is 14.2. The summed E-state index contributed by atoms with van der Waals surface area (Å²) in [6.07, 6.45) is 6.14. The minimum Gasteiger partial charge on any atom is -0.508 e. The van der Waals surface area contributed by atoms with Crippen LogP contribution in [0.4, 0.5) is 0 Å². The number of rotatable bonds is 18. The molecule has 0 fully saturated rings. The fraction of sp³-hybridized carbons (Fsp3) is 0.552. The number of carbonyl (C=O) groups is 2. The van der Waals surface area contributed by atoms with E-state index in [9.17, 15) is 40.2 Å². The summed E-state index contributed by atoms with van der Waals surface area (Å²) in [5, 5.41) is 68.7. The largest absolute Gasteiger partial charge is 0.508 e. The molecule has 0 aliphatic rings. The van der Waals surface area contributed by atoms with Crippen LogP contribution in [0.1, 0.15) is 200 Å². The van der Waals surface area contributed by atoms with Gasteiger partial charge in [-0.3, -0.25) is 9.59 Å². The lowest BCUT2D eigenvalue weighted by Gasteiger charge is -2.45. The Bertz CT molecular complexity index is 2200. The van der Waals surface area contributed by atoms with Crippen LogP contribution >= 0.6 is 0 Å². The average molecular weight is 907 g/mol. The minimum atomic E-state index is -1.31. The maximum atomic E-state index is 14.6. The second-order valence-electron chi connectivity index (χ2n) is 23.6. The fourth-order valence-electron chi connectivity index (χ4n) is 10.3. The van der Waals surface area contributed by atoms with Crippen LogP contribution in [-0.4, -0.2) is 42.6 Å². The summed E-state index contributed by atoms with van der Waals surface area (Å²) in [5.41, 5.74) is 0.573. The summed E-state index contributed by atoms with van der Waals surface area (Å²) < 4.78 is 0. The van der Waals surface area contributed by atoms with Crippen molar-refractivity contribution in [3.8, 4) is 23.0 Å². The van der Waals surface area contributed by atoms with Gasteiger partial charge < -0.3 is 30.6 Å². The van der Waals surface area contributed by atoms with Crippen LogP contribution < -0.4 is 0 Å². The van der Waals surface area contributed by atoms with Crippen LogP contribution in [0, 0.1) is 17.8 Å². The molecule has 4 aromatic carbocycles. The Morgan fingerprint density at radius 1 is 0.439 bits per heavy atom. The van der Waals surface area contributed by atoms with Gasteiger partial charge in [0.05, 0.1) is 11.8 Å². The molecule has 66 heavy (non-hydrogen) atoms. The van der Waals surface area contributed by atoms with E-state index in [2.05, 4.69) is 6.92 Å². The van der Waals surface area contributed by atoms with Crippen LogP contribution in [-0.2, 0) is 42.1 Å². The van der Waals surface area contributed by atoms with E-state index in [1.165, 1.54) is 0 Å². The molecule has 4 rings (SSSR count). The molecule has 8 heteroatoms. The van der Waals surface area contributed by atoms with Crippen LogP contribution in [0.5, 0.6) is 23.0 Å². The molecule has 4 aromatic rings. The molecule has 0 aliphatic heterocycles. The zero-order chi connectivity index (χ0) is 50.0. The quantitative estimate of drug-likeness (QED) is 0.0539. The smallest absolute Gasteiger partial charge is 0.308 e. The lowest BCUT2D eigenvalue weighted by atomic mass is 9.57. The van der Waals surface area contributed by atoms with E-state index in [0.717, 1.165) is 32.1 Å². The highest BCUT2D eigenvalue weighted by Crippen LogP contribution is 2.53. The van der Waals surface area contributed by atoms with Crippen molar-refractivity contribution in [1.29, 1.82) is 0 Å². The number of phenolic OH excluding ortho intramolecular Hbond substituents is 4. The molecule has 0 saturated heterocycles. The van der Waals surface area contributed by atoms with Gasteiger partial charge in [-0.1, -0.05) is 191 Å². The van der Waals surface area contributed by atoms with E-state index in [-0.39, 0.29) is 29.4 Å². The number of hydrogen-bond donors (Lipinski definition) is 6. The monoisotopic (exact) mass is 907 g/mol. The number of carboxylic acids is 2. The maximum absolute atomic E-state index is 14.6. The second kappa shape index (κ2) is 20.1. The van der Waals surface area contributed by atoms with Crippen molar-refractivity contribution in [3.63, 3.8) is 0 Å². The van der Waals surface area contributed by atoms with Crippen LogP contribution in [0.3, 0.4) is 0 Å². The van der Waals surface area contributed by atoms with Crippen LogP contribution in [0.2, 0.25) is 0 Å². The Kier molecular flexibility index (Phi) is 16.3. The van der Waals surface area contributed by atoms with Gasteiger partial charge in [-0.15, -0.1) is 0 Å². The maximum Gasteiger partial charge on any atom is 0.308 e. The van der Waals surface area contributed by atoms with Gasteiger partial charge in [0.25, 0.3) is 0 Å². The van der Waals surface area contributed by atoms with E-state index >= 15 is 0 Å². The van der Waals surface area contributed by atoms with E-state index < -0.39 is 62.2 Å². The lowest BCUT2D eigenvalue weighted by Crippen LogP contribution is -2.47. The normalized spacial score (nSPS) is 14.5. The zero-order valence-electron chi connectivity index (χ0n) is 42.8. The molecule has 3 atom stereocenters. The summed E-state index contributed by atoms with van der Waals surface area (Å²) in [6, 6.07) is 21.3. The van der Waals surface area contributed by atoms with Crippen molar-refractivity contribution < 1.29 is 40.2 Å². The topological polar surface area (TPSA) is 156 Å². The summed E-state index contributed by atoms with van der Waals surface area (Å²) in [5.74, 6) is -4.88. The van der Waals surface area contributed by atoms with Crippen molar-refractivity contribution in [3.05, 3.63) is 117 Å². The number of aromatic hydroxyl groups is 4. The number of hydrogen-bond acceptors (Lipinski definition) is 6. The SMILES string of the molecule is CCCCCCCCC(CC(C(=O)O)C(C)(c1ccc(O)c(C(C)(C)C)c1)c1ccc(O)c(C(C)(C)C)c1)C(C(=O)O)C(C)(c1ccc(O)c(C(C)(C)C)c1)c1ccc(O)c(C(C)(C)C)c1. The summed E-state index contributed by atoms with van der Waals surface area (Å²) in [4.78, 5) is 29.1. The molecule has 0 spiro atoms. The number of unbranched alkanes of at least 4 members (excludes halogenated alkanes) is 5. The van der Waals surface area contributed by atoms with Gasteiger partial charge >= 0.3 is 11.9 Å². The van der Waals surface area contributed by atoms with Gasteiger partial charge in [0.1, 0.15) is 23.0 Å². The molecule has 362 valence electrons. The molecule has 0 radical (unpaired) electrons. The highest BCUT2D eigenvalue weighted by molar-refractivity contribution is 5.77. The second-order valence-corrected chi connectivity index (χ2v) is 23.6. The molecular weight excluding hydrogens is 825 g/mol. The van der Waals surface area contributed by atoms with E-state index in [1.807, 2.05) is 121 Å². The van der Waals surface area contributed by atoms with E-state index in [4.69, 9.17) is 0 Å². The first-order chi connectivity index (χ1) is 30.3. The molecular formula is C58H82O8. The van der Waals surface area contributed by atoms with Gasteiger partial charge in [-0.2, -0.15) is 0 Å². The standard InChI is InChI=1S/C58H82O8/c1-16-17-18-19-20-21-22-36(50(52(65)66)58(15,39-25-29-48(61)43(34-39)55(8,9)10)40-26-30-49(62)44(35-40)56(11,12)13)31-45(51(63)64)57(14,37-23-27-46(59)41(32-37)53(2,3)4)38-24-28-47(60)42(33-38)54(5,6)7/h23-30,32-36,45,50,59-62H,16-22,31H2,1-15H3,(H,63,64)(H,65,66). The molecule has 0 aromatic heterocycles. The fourth-order valence-corrected chi connectivity index (χ4v) is 10.3. The predicted molar refractivity (Wildman–Crippen MR) is 268 cm³/mol. The molecule has 8 nitrogen and oxygen atoms in total. The average Bonchev–Trinajstić information content (AvgIpc) is 3.19. The number of aliphatic carboxylic acids is 2. The van der Waals surface area contributed by atoms with Gasteiger partial charge in [-0.05, 0) is 109 Å². The third-order valence-electron chi connectivity index (χ3n) is 14.4. The first kappa shape index (κ1) is 53.6. The highest BCUT2D eigenvalue weighted by atomic mass is 16.4. The van der Waals surface area contributed by atoms with Gasteiger partial charge in [0.2, 0.25) is 0 Å². The first-order valence-corrected chi connectivity index (χ1v) is 24.1. The van der Waals surface area contributed by atoms with Crippen molar-refractivity contribution in [2.24, 2.45) is 17.8 Å². The number of phenols is 4. The van der Waals surface area contributed by atoms with Crippen LogP contribution in [0.25, 0.3) is 0 Å². The summed E-state index contributed by atoms with van der Waals surface area (Å²) >= 11 is 0. The molecule has 0 aliphatic carbocycles. The highest BCUT2D eigenvalue weighted by Gasteiger charge is 2.51. The number of carboxylic acid groups (broad SMARTS) is 2. The zero-order valence-corrected chi connectivity index (χ0v) is 42.8. The van der Waals surface area contributed by atoms with Crippen LogP contribution in [0.15, 0.2) is 72.8 Å². The Morgan fingerprint density at radius 2 is 0.742 bits per heavy atom. The van der Waals surface area contributed by atoms with Gasteiger partial charge in [-0.25, -0.2) is 0 Å². The molecule has 6 N–H and O–H groups in total. The Balaban J connectivity index is 2.17. The lowest BCUT2D eigenvalue weighted by molar-refractivity contribution is -0.150. The Labute approximate surface area is 396 Å². The van der Waals surface area contributed by atoms with Crippen molar-refractivity contribution in [2.75, 3.05) is 0 Å². The van der Waals surface area contributed by atoms with Crippen molar-refractivity contribution in [2.45, 2.75) is 188 Å². The molecule has 0 amide bonds. The molecule has 0 bridgehead atoms. The van der Waals surface area contributed by atoms with E-state index in [1.54, 1.807) is 48.5 Å². The van der Waals surface area contributed by atoms with Gasteiger partial charge in [0, 0.05) is 10.8 Å². The summed E-state index contributed by atoms with van der Waals surface area (Å²) in [7, 11) is 0. The molecule has 3 unspecified atom stereocenters. The summed E-state index contributed by atoms with van der Waals surface area (Å²) in [6.45, 7) is 30.0. The third kappa shape index (κ3) is 11.6. The van der Waals surface area contributed by atoms with Crippen molar-refractivity contribution in [1.82, 2.24) is 0 Å². The Morgan fingerprint density at radius 3 is 1.03 bits per heavy atom. The Hall–Kier alpha value is -4.98. The minimum absolute atomic E-state index is 0.0285. The van der Waals surface area contributed by atoms with E-state index in [0.29, 0.717) is 57.3 Å². The van der Waals surface area contributed by atoms with Gasteiger partial charge in [0.15, 0.2) is 0 Å². The third-order valence-corrected chi connectivity index (χ3v) is 14.4. The molecule has 0 heterocycles. The van der Waals surface area contributed by atoms with Crippen molar-refractivity contribution >= 4 is 11.9 Å².